The molecular formula is C17H16N2S. The van der Waals surface area contributed by atoms with Crippen LogP contribution in [0.1, 0.15) is 23.1 Å². The van der Waals surface area contributed by atoms with Gasteiger partial charge in [0.1, 0.15) is 5.01 Å². The van der Waals surface area contributed by atoms with E-state index in [2.05, 4.69) is 36.2 Å². The fourth-order valence-electron chi connectivity index (χ4n) is 2.16. The molecular weight excluding hydrogens is 264 g/mol. The molecule has 3 rings (SSSR count). The van der Waals surface area contributed by atoms with Gasteiger partial charge in [-0.15, -0.1) is 11.3 Å². The highest BCUT2D eigenvalue weighted by atomic mass is 32.1. The van der Waals surface area contributed by atoms with Crippen LogP contribution in [0, 0.1) is 6.92 Å². The summed E-state index contributed by atoms with van der Waals surface area (Å²) >= 11 is 1.71. The van der Waals surface area contributed by atoms with Crippen molar-refractivity contribution in [2.45, 2.75) is 13.8 Å². The van der Waals surface area contributed by atoms with Crippen LogP contribution in [0.25, 0.3) is 21.9 Å². The van der Waals surface area contributed by atoms with Crippen molar-refractivity contribution >= 4 is 38.9 Å². The first-order valence-electron chi connectivity index (χ1n) is 6.54. The van der Waals surface area contributed by atoms with Crippen LogP contribution in [-0.2, 0) is 0 Å². The molecule has 0 aliphatic rings. The van der Waals surface area contributed by atoms with E-state index in [0.717, 1.165) is 27.3 Å². The SMILES string of the molecule is CC(=Cc1ccc(C)cc1N)c1nc2ccccc2s1. The third kappa shape index (κ3) is 2.45. The number of allylic oxidation sites excluding steroid dienone is 1. The lowest BCUT2D eigenvalue weighted by atomic mass is 10.1. The van der Waals surface area contributed by atoms with Gasteiger partial charge in [-0.2, -0.15) is 0 Å². The number of benzene rings is 2. The van der Waals surface area contributed by atoms with E-state index in [-0.39, 0.29) is 0 Å². The summed E-state index contributed by atoms with van der Waals surface area (Å²) in [4.78, 5) is 4.67. The van der Waals surface area contributed by atoms with Gasteiger partial charge in [0.15, 0.2) is 0 Å². The van der Waals surface area contributed by atoms with Crippen LogP contribution >= 0.6 is 11.3 Å². The molecule has 0 bridgehead atoms. The second kappa shape index (κ2) is 5.10. The Bertz CT molecular complexity index is 767. The summed E-state index contributed by atoms with van der Waals surface area (Å²) in [5.74, 6) is 0. The van der Waals surface area contributed by atoms with E-state index < -0.39 is 0 Å². The summed E-state index contributed by atoms with van der Waals surface area (Å²) in [6, 6.07) is 14.3. The number of rotatable bonds is 2. The summed E-state index contributed by atoms with van der Waals surface area (Å²) in [6.07, 6.45) is 2.10. The number of hydrogen-bond acceptors (Lipinski definition) is 3. The lowest BCUT2D eigenvalue weighted by molar-refractivity contribution is 1.42. The summed E-state index contributed by atoms with van der Waals surface area (Å²) < 4.78 is 1.21. The molecule has 0 fully saturated rings. The van der Waals surface area contributed by atoms with Gasteiger partial charge < -0.3 is 5.73 Å². The van der Waals surface area contributed by atoms with Crippen LogP contribution in [0.2, 0.25) is 0 Å². The van der Waals surface area contributed by atoms with Crippen molar-refractivity contribution in [3.05, 3.63) is 58.6 Å². The maximum Gasteiger partial charge on any atom is 0.120 e. The number of aryl methyl sites for hydroxylation is 1. The third-order valence-corrected chi connectivity index (χ3v) is 4.42. The van der Waals surface area contributed by atoms with Crippen molar-refractivity contribution in [2.24, 2.45) is 0 Å². The zero-order chi connectivity index (χ0) is 14.1. The fourth-order valence-corrected chi connectivity index (χ4v) is 3.10. The fraction of sp³-hybridized carbons (Fsp3) is 0.118. The number of nitrogens with two attached hydrogens (primary N) is 1. The smallest absolute Gasteiger partial charge is 0.120 e. The molecule has 1 aromatic heterocycles. The Hall–Kier alpha value is -2.13. The molecule has 2 nitrogen and oxygen atoms in total. The minimum Gasteiger partial charge on any atom is -0.398 e. The Morgan fingerprint density at radius 2 is 2.00 bits per heavy atom. The highest BCUT2D eigenvalue weighted by molar-refractivity contribution is 7.19. The zero-order valence-electron chi connectivity index (χ0n) is 11.6. The summed E-state index contributed by atoms with van der Waals surface area (Å²) in [7, 11) is 0. The first kappa shape index (κ1) is 12.9. The van der Waals surface area contributed by atoms with E-state index in [9.17, 15) is 0 Å². The summed E-state index contributed by atoms with van der Waals surface area (Å²) in [5, 5.41) is 1.05. The van der Waals surface area contributed by atoms with Crippen molar-refractivity contribution in [1.29, 1.82) is 0 Å². The second-order valence-electron chi connectivity index (χ2n) is 4.95. The predicted octanol–water partition coefficient (Wildman–Crippen LogP) is 4.75. The quantitative estimate of drug-likeness (QED) is 0.688. The van der Waals surface area contributed by atoms with Crippen LogP contribution in [0.15, 0.2) is 42.5 Å². The Morgan fingerprint density at radius 1 is 1.20 bits per heavy atom. The Morgan fingerprint density at radius 3 is 2.75 bits per heavy atom. The van der Waals surface area contributed by atoms with Gasteiger partial charge in [-0.25, -0.2) is 4.98 Å². The summed E-state index contributed by atoms with van der Waals surface area (Å²) in [6.45, 7) is 4.13. The van der Waals surface area contributed by atoms with Crippen LogP contribution in [0.3, 0.4) is 0 Å². The second-order valence-corrected chi connectivity index (χ2v) is 5.98. The molecule has 3 heteroatoms. The maximum atomic E-state index is 6.06. The van der Waals surface area contributed by atoms with Crippen LogP contribution in [0.4, 0.5) is 5.69 Å². The Kier molecular flexibility index (Phi) is 3.28. The number of thiazole rings is 1. The number of para-hydroxylation sites is 1. The first-order valence-corrected chi connectivity index (χ1v) is 7.35. The van der Waals surface area contributed by atoms with Crippen molar-refractivity contribution in [3.63, 3.8) is 0 Å². The van der Waals surface area contributed by atoms with E-state index in [4.69, 9.17) is 5.73 Å². The van der Waals surface area contributed by atoms with Gasteiger partial charge in [-0.3, -0.25) is 0 Å². The average Bonchev–Trinajstić information content (AvgIpc) is 2.86. The molecule has 20 heavy (non-hydrogen) atoms. The molecule has 3 aromatic rings. The molecule has 0 amide bonds. The first-order chi connectivity index (χ1) is 9.63. The van der Waals surface area contributed by atoms with Crippen LogP contribution < -0.4 is 5.73 Å². The minimum absolute atomic E-state index is 0.811. The molecule has 1 heterocycles. The lowest BCUT2D eigenvalue weighted by Crippen LogP contribution is -1.90. The molecule has 2 N–H and O–H groups in total. The lowest BCUT2D eigenvalue weighted by Gasteiger charge is -2.03. The van der Waals surface area contributed by atoms with Gasteiger partial charge in [0.05, 0.1) is 10.2 Å². The van der Waals surface area contributed by atoms with E-state index in [1.165, 1.54) is 10.3 Å². The van der Waals surface area contributed by atoms with Crippen molar-refractivity contribution < 1.29 is 0 Å². The van der Waals surface area contributed by atoms with Gasteiger partial charge in [0, 0.05) is 5.69 Å². The van der Waals surface area contributed by atoms with Crippen LogP contribution in [0.5, 0.6) is 0 Å². The monoisotopic (exact) mass is 280 g/mol. The van der Waals surface area contributed by atoms with Crippen molar-refractivity contribution in [2.75, 3.05) is 5.73 Å². The number of nitrogens with zero attached hydrogens (tertiary/aromatic N) is 1. The van der Waals surface area contributed by atoms with Crippen molar-refractivity contribution in [1.82, 2.24) is 4.98 Å². The van der Waals surface area contributed by atoms with E-state index in [0.29, 0.717) is 0 Å². The van der Waals surface area contributed by atoms with Gasteiger partial charge in [0.2, 0.25) is 0 Å². The molecule has 0 saturated heterocycles. The normalized spacial score (nSPS) is 12.0. The molecule has 0 aliphatic heterocycles. The maximum absolute atomic E-state index is 6.06. The van der Waals surface area contributed by atoms with Crippen LogP contribution in [-0.4, -0.2) is 4.98 Å². The minimum atomic E-state index is 0.811. The molecule has 0 aliphatic carbocycles. The Labute approximate surface area is 122 Å². The number of hydrogen-bond donors (Lipinski definition) is 1. The zero-order valence-corrected chi connectivity index (χ0v) is 12.4. The van der Waals surface area contributed by atoms with Gasteiger partial charge in [-0.05, 0) is 54.8 Å². The molecule has 0 saturated carbocycles. The molecule has 0 spiro atoms. The van der Waals surface area contributed by atoms with E-state index >= 15 is 0 Å². The van der Waals surface area contributed by atoms with Gasteiger partial charge in [-0.1, -0.05) is 24.3 Å². The molecule has 2 aromatic carbocycles. The molecule has 0 unspecified atom stereocenters. The number of aromatic nitrogens is 1. The average molecular weight is 280 g/mol. The van der Waals surface area contributed by atoms with E-state index in [1.54, 1.807) is 11.3 Å². The highest BCUT2D eigenvalue weighted by Crippen LogP contribution is 2.28. The number of fused-ring (bicyclic) bond motifs is 1. The number of nitrogen functional groups attached to an aromatic ring is 1. The van der Waals surface area contributed by atoms with Crippen molar-refractivity contribution in [3.8, 4) is 0 Å². The highest BCUT2D eigenvalue weighted by Gasteiger charge is 2.05. The molecule has 0 atom stereocenters. The topological polar surface area (TPSA) is 38.9 Å². The third-order valence-electron chi connectivity index (χ3n) is 3.25. The summed E-state index contributed by atoms with van der Waals surface area (Å²) in [5.41, 5.74) is 11.3. The standard InChI is InChI=1S/C17H16N2S/c1-11-7-8-13(14(18)9-11)10-12(2)17-19-15-5-3-4-6-16(15)20-17/h3-10H,18H2,1-2H3. The Balaban J connectivity index is 2.02. The molecule has 0 radical (unpaired) electrons. The number of anilines is 1. The predicted molar refractivity (Wildman–Crippen MR) is 88.8 cm³/mol. The molecule has 100 valence electrons. The van der Waals surface area contributed by atoms with Gasteiger partial charge >= 0.3 is 0 Å². The van der Waals surface area contributed by atoms with E-state index in [1.807, 2.05) is 31.2 Å². The largest absolute Gasteiger partial charge is 0.398 e. The van der Waals surface area contributed by atoms with Gasteiger partial charge in [0.25, 0.3) is 0 Å².